The molecule has 140 valence electrons. The van der Waals surface area contributed by atoms with Crippen LogP contribution in [0, 0.1) is 6.92 Å². The number of rotatable bonds is 5. The van der Waals surface area contributed by atoms with Crippen molar-refractivity contribution in [2.75, 3.05) is 39.3 Å². The molecule has 1 aliphatic heterocycles. The molecule has 0 radical (unpaired) electrons. The van der Waals surface area contributed by atoms with Gasteiger partial charge in [0.15, 0.2) is 5.65 Å². The molecule has 8 heteroatoms. The van der Waals surface area contributed by atoms with Crippen molar-refractivity contribution >= 4 is 22.8 Å². The van der Waals surface area contributed by atoms with E-state index < -0.39 is 0 Å². The second-order valence-corrected chi connectivity index (χ2v) is 6.72. The standard InChI is InChI=1S/C18H26N6O2/c1-4-5-19-16(25)12-23-6-8-24(9-7-23)18(26)14-10-15-13(2)21-22(3)17(15)20-11-14/h10-11H,4-9,12H2,1-3H3,(H,19,25). The third kappa shape index (κ3) is 3.85. The number of aromatic nitrogens is 3. The van der Waals surface area contributed by atoms with Crippen molar-refractivity contribution in [3.8, 4) is 0 Å². The van der Waals surface area contributed by atoms with Gasteiger partial charge in [-0.1, -0.05) is 6.92 Å². The predicted octanol–water partition coefficient (Wildman–Crippen LogP) is 0.561. The highest BCUT2D eigenvalue weighted by atomic mass is 16.2. The van der Waals surface area contributed by atoms with E-state index in [1.807, 2.05) is 31.9 Å². The Labute approximate surface area is 153 Å². The summed E-state index contributed by atoms with van der Waals surface area (Å²) < 4.78 is 1.72. The summed E-state index contributed by atoms with van der Waals surface area (Å²) in [5, 5.41) is 8.14. The van der Waals surface area contributed by atoms with Crippen molar-refractivity contribution in [1.82, 2.24) is 29.9 Å². The van der Waals surface area contributed by atoms with Gasteiger partial charge in [0.2, 0.25) is 5.91 Å². The van der Waals surface area contributed by atoms with Crippen LogP contribution in [0.25, 0.3) is 11.0 Å². The molecule has 0 saturated carbocycles. The zero-order valence-electron chi connectivity index (χ0n) is 15.7. The highest BCUT2D eigenvalue weighted by Gasteiger charge is 2.24. The van der Waals surface area contributed by atoms with Gasteiger partial charge in [-0.25, -0.2) is 4.98 Å². The molecule has 2 aromatic rings. The highest BCUT2D eigenvalue weighted by Crippen LogP contribution is 2.18. The lowest BCUT2D eigenvalue weighted by Gasteiger charge is -2.34. The van der Waals surface area contributed by atoms with Crippen LogP contribution in [0.5, 0.6) is 0 Å². The van der Waals surface area contributed by atoms with Crippen LogP contribution in [-0.4, -0.2) is 75.6 Å². The minimum absolute atomic E-state index is 0.0160. The fourth-order valence-corrected chi connectivity index (χ4v) is 3.24. The summed E-state index contributed by atoms with van der Waals surface area (Å²) in [5.74, 6) is 0.0334. The third-order valence-electron chi connectivity index (χ3n) is 4.71. The first-order valence-electron chi connectivity index (χ1n) is 9.07. The van der Waals surface area contributed by atoms with E-state index in [1.54, 1.807) is 10.9 Å². The van der Waals surface area contributed by atoms with E-state index in [2.05, 4.69) is 20.3 Å². The number of hydrogen-bond donors (Lipinski definition) is 1. The smallest absolute Gasteiger partial charge is 0.255 e. The Bertz CT molecular complexity index is 807. The first-order chi connectivity index (χ1) is 12.5. The van der Waals surface area contributed by atoms with Crippen molar-refractivity contribution in [2.45, 2.75) is 20.3 Å². The van der Waals surface area contributed by atoms with Gasteiger partial charge >= 0.3 is 0 Å². The molecule has 26 heavy (non-hydrogen) atoms. The lowest BCUT2D eigenvalue weighted by molar-refractivity contribution is -0.122. The van der Waals surface area contributed by atoms with E-state index in [4.69, 9.17) is 0 Å². The summed E-state index contributed by atoms with van der Waals surface area (Å²) in [4.78, 5) is 32.9. The van der Waals surface area contributed by atoms with Gasteiger partial charge in [0, 0.05) is 51.4 Å². The topological polar surface area (TPSA) is 83.4 Å². The second-order valence-electron chi connectivity index (χ2n) is 6.72. The van der Waals surface area contributed by atoms with Crippen LogP contribution in [-0.2, 0) is 11.8 Å². The average Bonchev–Trinajstić information content (AvgIpc) is 2.93. The van der Waals surface area contributed by atoms with Crippen LogP contribution < -0.4 is 5.32 Å². The Kier molecular flexibility index (Phi) is 5.51. The van der Waals surface area contributed by atoms with E-state index in [0.29, 0.717) is 44.8 Å². The lowest BCUT2D eigenvalue weighted by Crippen LogP contribution is -2.51. The monoisotopic (exact) mass is 358 g/mol. The van der Waals surface area contributed by atoms with E-state index in [-0.39, 0.29) is 11.8 Å². The number of aryl methyl sites for hydroxylation is 2. The summed E-state index contributed by atoms with van der Waals surface area (Å²) in [6.07, 6.45) is 2.55. The van der Waals surface area contributed by atoms with E-state index in [1.165, 1.54) is 0 Å². The van der Waals surface area contributed by atoms with Gasteiger partial charge in [0.05, 0.1) is 17.8 Å². The van der Waals surface area contributed by atoms with Gasteiger partial charge in [-0.15, -0.1) is 0 Å². The Hall–Kier alpha value is -2.48. The fraction of sp³-hybridized carbons (Fsp3) is 0.556. The van der Waals surface area contributed by atoms with Crippen molar-refractivity contribution in [3.63, 3.8) is 0 Å². The molecule has 8 nitrogen and oxygen atoms in total. The van der Waals surface area contributed by atoms with Gasteiger partial charge in [-0.3, -0.25) is 19.2 Å². The summed E-state index contributed by atoms with van der Waals surface area (Å²) in [7, 11) is 1.85. The maximum absolute atomic E-state index is 12.8. The molecule has 0 bridgehead atoms. The van der Waals surface area contributed by atoms with Crippen molar-refractivity contribution in [1.29, 1.82) is 0 Å². The number of amides is 2. The summed E-state index contributed by atoms with van der Waals surface area (Å²) in [6.45, 7) is 7.68. The number of carbonyl (C=O) groups is 2. The Morgan fingerprint density at radius 2 is 1.96 bits per heavy atom. The van der Waals surface area contributed by atoms with Crippen LogP contribution in [0.15, 0.2) is 12.3 Å². The predicted molar refractivity (Wildman–Crippen MR) is 98.9 cm³/mol. The SMILES string of the molecule is CCCNC(=O)CN1CCN(C(=O)c2cnc3c(c2)c(C)nn3C)CC1. The highest BCUT2D eigenvalue weighted by molar-refractivity contribution is 5.97. The number of carbonyl (C=O) groups excluding carboxylic acids is 2. The Morgan fingerprint density at radius 1 is 1.23 bits per heavy atom. The number of nitrogens with zero attached hydrogens (tertiary/aromatic N) is 5. The van der Waals surface area contributed by atoms with E-state index in [9.17, 15) is 9.59 Å². The van der Waals surface area contributed by atoms with Crippen LogP contribution in [0.4, 0.5) is 0 Å². The maximum Gasteiger partial charge on any atom is 0.255 e. The summed E-state index contributed by atoms with van der Waals surface area (Å²) in [6, 6.07) is 1.87. The normalized spacial score (nSPS) is 15.4. The molecule has 1 N–H and O–H groups in total. The quantitative estimate of drug-likeness (QED) is 0.844. The minimum Gasteiger partial charge on any atom is -0.355 e. The molecule has 0 aromatic carbocycles. The molecule has 0 atom stereocenters. The largest absolute Gasteiger partial charge is 0.355 e. The number of hydrogen-bond acceptors (Lipinski definition) is 5. The van der Waals surface area contributed by atoms with Crippen LogP contribution >= 0.6 is 0 Å². The summed E-state index contributed by atoms with van der Waals surface area (Å²) >= 11 is 0. The molecular formula is C18H26N6O2. The molecule has 0 aliphatic carbocycles. The van der Waals surface area contributed by atoms with Crippen LogP contribution in [0.2, 0.25) is 0 Å². The number of piperazine rings is 1. The van der Waals surface area contributed by atoms with Crippen molar-refractivity contribution in [2.24, 2.45) is 7.05 Å². The van der Waals surface area contributed by atoms with E-state index >= 15 is 0 Å². The lowest BCUT2D eigenvalue weighted by atomic mass is 10.1. The van der Waals surface area contributed by atoms with Gasteiger partial charge in [-0.05, 0) is 19.4 Å². The molecule has 0 spiro atoms. The Balaban J connectivity index is 1.60. The van der Waals surface area contributed by atoms with Crippen LogP contribution in [0.3, 0.4) is 0 Å². The first kappa shape index (κ1) is 18.3. The van der Waals surface area contributed by atoms with Crippen LogP contribution in [0.1, 0.15) is 29.4 Å². The van der Waals surface area contributed by atoms with Gasteiger partial charge in [-0.2, -0.15) is 5.10 Å². The Morgan fingerprint density at radius 3 is 2.65 bits per heavy atom. The maximum atomic E-state index is 12.8. The third-order valence-corrected chi connectivity index (χ3v) is 4.71. The minimum atomic E-state index is -0.0160. The molecule has 1 fully saturated rings. The number of pyridine rings is 1. The molecule has 3 rings (SSSR count). The summed E-state index contributed by atoms with van der Waals surface area (Å²) in [5.41, 5.74) is 2.23. The van der Waals surface area contributed by atoms with Crippen molar-refractivity contribution < 1.29 is 9.59 Å². The zero-order chi connectivity index (χ0) is 18.7. The fourth-order valence-electron chi connectivity index (χ4n) is 3.24. The average molecular weight is 358 g/mol. The van der Waals surface area contributed by atoms with Gasteiger partial charge < -0.3 is 10.2 Å². The number of fused-ring (bicyclic) bond motifs is 1. The van der Waals surface area contributed by atoms with Crippen molar-refractivity contribution in [3.05, 3.63) is 23.5 Å². The number of nitrogens with one attached hydrogen (secondary N) is 1. The zero-order valence-corrected chi connectivity index (χ0v) is 15.7. The molecule has 1 aliphatic rings. The molecule has 2 aromatic heterocycles. The molecule has 0 unspecified atom stereocenters. The van der Waals surface area contributed by atoms with Gasteiger partial charge in [0.1, 0.15) is 0 Å². The van der Waals surface area contributed by atoms with Gasteiger partial charge in [0.25, 0.3) is 5.91 Å². The first-order valence-corrected chi connectivity index (χ1v) is 9.07. The molecular weight excluding hydrogens is 332 g/mol. The molecule has 1 saturated heterocycles. The molecule has 3 heterocycles. The second kappa shape index (κ2) is 7.82. The van der Waals surface area contributed by atoms with E-state index in [0.717, 1.165) is 23.1 Å². The molecule has 2 amide bonds.